The second-order valence-electron chi connectivity index (χ2n) is 5.72. The van der Waals surface area contributed by atoms with E-state index < -0.39 is 0 Å². The third-order valence-corrected chi connectivity index (χ3v) is 4.16. The van der Waals surface area contributed by atoms with E-state index in [1.165, 1.54) is 0 Å². The van der Waals surface area contributed by atoms with Gasteiger partial charge in [-0.05, 0) is 36.8 Å². The SMILES string of the molecule is CCN(Cc1ccc(OC)c(OC)c1)C(=O)Nn1cnc2ccccc21. The minimum atomic E-state index is -0.203. The van der Waals surface area contributed by atoms with Crippen molar-refractivity contribution in [3.8, 4) is 11.5 Å². The first-order chi connectivity index (χ1) is 12.7. The van der Waals surface area contributed by atoms with Crippen LogP contribution in [0, 0.1) is 0 Å². The Morgan fingerprint density at radius 3 is 2.65 bits per heavy atom. The zero-order chi connectivity index (χ0) is 18.5. The molecule has 2 aromatic carbocycles. The maximum atomic E-state index is 12.7. The van der Waals surface area contributed by atoms with Crippen LogP contribution < -0.4 is 14.9 Å². The standard InChI is InChI=1S/C19H22N4O3/c1-4-22(12-14-9-10-17(25-2)18(11-14)26-3)19(24)21-23-13-20-15-7-5-6-8-16(15)23/h5-11,13H,4,12H2,1-3H3,(H,21,24). The molecule has 0 aliphatic heterocycles. The number of aromatic nitrogens is 2. The highest BCUT2D eigenvalue weighted by atomic mass is 16.5. The van der Waals surface area contributed by atoms with Crippen molar-refractivity contribution in [3.63, 3.8) is 0 Å². The van der Waals surface area contributed by atoms with E-state index in [0.717, 1.165) is 16.6 Å². The molecule has 0 unspecified atom stereocenters. The number of benzene rings is 2. The maximum absolute atomic E-state index is 12.7. The number of hydrogen-bond donors (Lipinski definition) is 1. The predicted molar refractivity (Wildman–Crippen MR) is 100 cm³/mol. The molecular weight excluding hydrogens is 332 g/mol. The van der Waals surface area contributed by atoms with Crippen LogP contribution in [0.3, 0.4) is 0 Å². The first-order valence-electron chi connectivity index (χ1n) is 8.35. The number of ether oxygens (including phenoxy) is 2. The van der Waals surface area contributed by atoms with E-state index in [2.05, 4.69) is 10.4 Å². The van der Waals surface area contributed by atoms with Gasteiger partial charge in [-0.2, -0.15) is 0 Å². The van der Waals surface area contributed by atoms with Crippen molar-refractivity contribution in [3.05, 3.63) is 54.4 Å². The summed E-state index contributed by atoms with van der Waals surface area (Å²) in [5, 5.41) is 0. The summed E-state index contributed by atoms with van der Waals surface area (Å²) in [6.45, 7) is 2.95. The Morgan fingerprint density at radius 2 is 1.92 bits per heavy atom. The lowest BCUT2D eigenvalue weighted by Gasteiger charge is -2.22. The smallest absolute Gasteiger partial charge is 0.336 e. The third kappa shape index (κ3) is 3.56. The number of imidazole rings is 1. The molecule has 7 heteroatoms. The van der Waals surface area contributed by atoms with Crippen molar-refractivity contribution in [2.24, 2.45) is 0 Å². The normalized spacial score (nSPS) is 10.6. The van der Waals surface area contributed by atoms with Gasteiger partial charge < -0.3 is 14.4 Å². The van der Waals surface area contributed by atoms with Crippen molar-refractivity contribution in [2.75, 3.05) is 26.2 Å². The first-order valence-corrected chi connectivity index (χ1v) is 8.35. The van der Waals surface area contributed by atoms with Crippen molar-refractivity contribution in [2.45, 2.75) is 13.5 Å². The highest BCUT2D eigenvalue weighted by Crippen LogP contribution is 2.28. The first kappa shape index (κ1) is 17.6. The Labute approximate surface area is 152 Å². The predicted octanol–water partition coefficient (Wildman–Crippen LogP) is 3.24. The fraction of sp³-hybridized carbons (Fsp3) is 0.263. The van der Waals surface area contributed by atoms with E-state index in [4.69, 9.17) is 9.47 Å². The number of methoxy groups -OCH3 is 2. The van der Waals surface area contributed by atoms with Gasteiger partial charge in [-0.15, -0.1) is 0 Å². The minimum Gasteiger partial charge on any atom is -0.493 e. The summed E-state index contributed by atoms with van der Waals surface area (Å²) in [6.07, 6.45) is 1.60. The topological polar surface area (TPSA) is 68.6 Å². The zero-order valence-electron chi connectivity index (χ0n) is 15.1. The Hall–Kier alpha value is -3.22. The van der Waals surface area contributed by atoms with Gasteiger partial charge in [0.25, 0.3) is 0 Å². The maximum Gasteiger partial charge on any atom is 0.336 e. The van der Waals surface area contributed by atoms with Crippen molar-refractivity contribution in [1.82, 2.24) is 14.6 Å². The molecule has 0 radical (unpaired) electrons. The molecule has 3 aromatic rings. The molecule has 0 saturated carbocycles. The molecule has 0 bridgehead atoms. The number of rotatable bonds is 6. The Bertz CT molecular complexity index is 907. The van der Waals surface area contributed by atoms with Crippen molar-refractivity contribution in [1.29, 1.82) is 0 Å². The van der Waals surface area contributed by atoms with Gasteiger partial charge in [0.05, 0.1) is 25.3 Å². The molecule has 26 heavy (non-hydrogen) atoms. The van der Waals surface area contributed by atoms with Crippen LogP contribution in [0.2, 0.25) is 0 Å². The van der Waals surface area contributed by atoms with Gasteiger partial charge in [0.15, 0.2) is 11.5 Å². The molecular formula is C19H22N4O3. The molecule has 0 spiro atoms. The van der Waals surface area contributed by atoms with Crippen LogP contribution >= 0.6 is 0 Å². The average Bonchev–Trinajstić information content (AvgIpc) is 3.08. The van der Waals surface area contributed by atoms with Crippen molar-refractivity contribution >= 4 is 17.1 Å². The van der Waals surface area contributed by atoms with Crippen LogP contribution in [0.5, 0.6) is 11.5 Å². The fourth-order valence-corrected chi connectivity index (χ4v) is 2.75. The van der Waals surface area contributed by atoms with Crippen LogP contribution in [-0.2, 0) is 6.54 Å². The number of fused-ring (bicyclic) bond motifs is 1. The summed E-state index contributed by atoms with van der Waals surface area (Å²) in [4.78, 5) is 18.7. The highest BCUT2D eigenvalue weighted by molar-refractivity contribution is 5.85. The molecule has 0 saturated heterocycles. The fourth-order valence-electron chi connectivity index (χ4n) is 2.75. The van der Waals surface area contributed by atoms with E-state index in [1.54, 1.807) is 30.1 Å². The molecule has 0 aliphatic rings. The van der Waals surface area contributed by atoms with Crippen LogP contribution in [0.1, 0.15) is 12.5 Å². The highest BCUT2D eigenvalue weighted by Gasteiger charge is 2.15. The summed E-state index contributed by atoms with van der Waals surface area (Å²) in [6, 6.07) is 13.1. The number of nitrogens with zero attached hydrogens (tertiary/aromatic N) is 3. The van der Waals surface area contributed by atoms with E-state index in [1.807, 2.05) is 49.4 Å². The molecule has 1 heterocycles. The van der Waals surface area contributed by atoms with E-state index in [-0.39, 0.29) is 6.03 Å². The molecule has 0 atom stereocenters. The van der Waals surface area contributed by atoms with Gasteiger partial charge in [0, 0.05) is 13.1 Å². The minimum absolute atomic E-state index is 0.203. The number of hydrogen-bond acceptors (Lipinski definition) is 4. The molecule has 3 rings (SSSR count). The molecule has 2 amide bonds. The van der Waals surface area contributed by atoms with Crippen LogP contribution in [0.25, 0.3) is 11.0 Å². The van der Waals surface area contributed by atoms with Crippen LogP contribution in [0.4, 0.5) is 4.79 Å². The van der Waals surface area contributed by atoms with Gasteiger partial charge in [-0.1, -0.05) is 18.2 Å². The number of carbonyl (C=O) groups is 1. The largest absolute Gasteiger partial charge is 0.493 e. The number of amides is 2. The Kier molecular flexibility index (Phi) is 5.26. The molecule has 1 N–H and O–H groups in total. The molecule has 136 valence electrons. The van der Waals surface area contributed by atoms with Gasteiger partial charge in [0.2, 0.25) is 0 Å². The summed E-state index contributed by atoms with van der Waals surface area (Å²) in [7, 11) is 3.19. The van der Waals surface area contributed by atoms with Gasteiger partial charge >= 0.3 is 6.03 Å². The van der Waals surface area contributed by atoms with E-state index >= 15 is 0 Å². The lowest BCUT2D eigenvalue weighted by Crippen LogP contribution is -2.37. The Morgan fingerprint density at radius 1 is 1.15 bits per heavy atom. The summed E-state index contributed by atoms with van der Waals surface area (Å²) in [5.74, 6) is 1.30. The second kappa shape index (κ2) is 7.77. The van der Waals surface area contributed by atoms with Crippen LogP contribution in [0.15, 0.2) is 48.8 Å². The number of urea groups is 1. The van der Waals surface area contributed by atoms with E-state index in [9.17, 15) is 4.79 Å². The van der Waals surface area contributed by atoms with Gasteiger partial charge in [-0.25, -0.2) is 19.9 Å². The van der Waals surface area contributed by atoms with Gasteiger partial charge in [0.1, 0.15) is 6.33 Å². The quantitative estimate of drug-likeness (QED) is 0.738. The van der Waals surface area contributed by atoms with Crippen molar-refractivity contribution < 1.29 is 14.3 Å². The number of nitrogens with one attached hydrogen (secondary N) is 1. The molecule has 0 aliphatic carbocycles. The van der Waals surface area contributed by atoms with Crippen LogP contribution in [-0.4, -0.2) is 41.4 Å². The lowest BCUT2D eigenvalue weighted by atomic mass is 10.2. The summed E-state index contributed by atoms with van der Waals surface area (Å²) >= 11 is 0. The Balaban J connectivity index is 1.75. The second-order valence-corrected chi connectivity index (χ2v) is 5.72. The number of carbonyl (C=O) groups excluding carboxylic acids is 1. The summed E-state index contributed by atoms with van der Waals surface area (Å²) in [5.41, 5.74) is 5.51. The molecule has 1 aromatic heterocycles. The average molecular weight is 354 g/mol. The van der Waals surface area contributed by atoms with E-state index in [0.29, 0.717) is 24.6 Å². The summed E-state index contributed by atoms with van der Waals surface area (Å²) < 4.78 is 12.2. The third-order valence-electron chi connectivity index (χ3n) is 4.16. The molecule has 7 nitrogen and oxygen atoms in total. The van der Waals surface area contributed by atoms with Gasteiger partial charge in [-0.3, -0.25) is 0 Å². The molecule has 0 fully saturated rings. The zero-order valence-corrected chi connectivity index (χ0v) is 15.1. The number of para-hydroxylation sites is 2. The monoisotopic (exact) mass is 354 g/mol. The lowest BCUT2D eigenvalue weighted by molar-refractivity contribution is 0.209.